The minimum Gasteiger partial charge on any atom is -0.497 e. The monoisotopic (exact) mass is 319 g/mol. The largest absolute Gasteiger partial charge is 0.497 e. The van der Waals surface area contributed by atoms with Crippen LogP contribution in [0.5, 0.6) is 5.75 Å². The maximum absolute atomic E-state index is 8.90. The molecule has 1 aromatic carbocycles. The number of nitrogens with one attached hydrogen (secondary N) is 1. The van der Waals surface area contributed by atoms with Gasteiger partial charge >= 0.3 is 0 Å². The van der Waals surface area contributed by atoms with Crippen LogP contribution in [-0.2, 0) is 7.05 Å². The zero-order valence-corrected chi connectivity index (χ0v) is 13.5. The second-order valence-corrected chi connectivity index (χ2v) is 5.29. The summed E-state index contributed by atoms with van der Waals surface area (Å²) in [5.41, 5.74) is 1.53. The third-order valence-electron chi connectivity index (χ3n) is 3.73. The van der Waals surface area contributed by atoms with Gasteiger partial charge in [0.1, 0.15) is 29.5 Å². The molecule has 0 radical (unpaired) electrons. The maximum atomic E-state index is 8.90. The first kappa shape index (κ1) is 15.6. The highest BCUT2D eigenvalue weighted by atomic mass is 16.5. The summed E-state index contributed by atoms with van der Waals surface area (Å²) in [4.78, 5) is 8.75. The average molecular weight is 319 g/mol. The van der Waals surface area contributed by atoms with E-state index in [0.717, 1.165) is 17.1 Å². The van der Waals surface area contributed by atoms with Crippen LogP contribution in [0.15, 0.2) is 55.0 Å². The first-order valence-corrected chi connectivity index (χ1v) is 7.45. The standard InChI is InChI=1S/C18H17N5O/c1-23-9-8-20-18(23)17(14-4-3-5-15(10-14)24-2)22-16-7-6-13(11-19)12-21-16/h3-10,12,17H,1-2H3,(H,21,22). The molecule has 6 heteroatoms. The minimum atomic E-state index is -0.194. The first-order valence-electron chi connectivity index (χ1n) is 7.45. The molecule has 1 N–H and O–H groups in total. The van der Waals surface area contributed by atoms with Crippen LogP contribution in [0, 0.1) is 11.3 Å². The van der Waals surface area contributed by atoms with E-state index >= 15 is 0 Å². The Bertz CT molecular complexity index is 864. The number of hydrogen-bond acceptors (Lipinski definition) is 5. The second-order valence-electron chi connectivity index (χ2n) is 5.29. The topological polar surface area (TPSA) is 75.8 Å². The van der Waals surface area contributed by atoms with Crippen molar-refractivity contribution >= 4 is 5.82 Å². The Kier molecular flexibility index (Phi) is 4.43. The van der Waals surface area contributed by atoms with Crippen LogP contribution in [0.25, 0.3) is 0 Å². The van der Waals surface area contributed by atoms with Gasteiger partial charge in [0.05, 0.1) is 12.7 Å². The van der Waals surface area contributed by atoms with E-state index in [1.54, 1.807) is 31.6 Å². The predicted octanol–water partition coefficient (Wildman–Crippen LogP) is 2.90. The van der Waals surface area contributed by atoms with Crippen molar-refractivity contribution in [1.29, 1.82) is 5.26 Å². The third kappa shape index (κ3) is 3.20. The lowest BCUT2D eigenvalue weighted by atomic mass is 10.1. The lowest BCUT2D eigenvalue weighted by Gasteiger charge is -2.20. The van der Waals surface area contributed by atoms with Crippen LogP contribution in [-0.4, -0.2) is 21.6 Å². The highest BCUT2D eigenvalue weighted by Gasteiger charge is 2.19. The van der Waals surface area contributed by atoms with E-state index in [-0.39, 0.29) is 6.04 Å². The van der Waals surface area contributed by atoms with Gasteiger partial charge in [0.25, 0.3) is 0 Å². The smallest absolute Gasteiger partial charge is 0.135 e. The van der Waals surface area contributed by atoms with Gasteiger partial charge in [-0.2, -0.15) is 5.26 Å². The number of pyridine rings is 1. The number of imidazole rings is 1. The summed E-state index contributed by atoms with van der Waals surface area (Å²) < 4.78 is 7.29. The van der Waals surface area contributed by atoms with Crippen molar-refractivity contribution in [2.75, 3.05) is 12.4 Å². The van der Waals surface area contributed by atoms with Crippen molar-refractivity contribution in [3.63, 3.8) is 0 Å². The van der Waals surface area contributed by atoms with Crippen LogP contribution in [0.2, 0.25) is 0 Å². The van der Waals surface area contributed by atoms with Crippen molar-refractivity contribution in [3.8, 4) is 11.8 Å². The summed E-state index contributed by atoms with van der Waals surface area (Å²) in [5, 5.41) is 12.3. The highest BCUT2D eigenvalue weighted by molar-refractivity contribution is 5.45. The molecule has 0 aliphatic rings. The van der Waals surface area contributed by atoms with Crippen molar-refractivity contribution in [2.45, 2.75) is 6.04 Å². The van der Waals surface area contributed by atoms with Gasteiger partial charge in [-0.3, -0.25) is 0 Å². The zero-order valence-electron chi connectivity index (χ0n) is 13.5. The van der Waals surface area contributed by atoms with Crippen LogP contribution in [0.3, 0.4) is 0 Å². The molecule has 3 rings (SSSR count). The Balaban J connectivity index is 1.98. The van der Waals surface area contributed by atoms with Crippen molar-refractivity contribution in [2.24, 2.45) is 7.05 Å². The molecule has 0 fully saturated rings. The van der Waals surface area contributed by atoms with E-state index in [2.05, 4.69) is 21.4 Å². The summed E-state index contributed by atoms with van der Waals surface area (Å²) in [6.45, 7) is 0. The Morgan fingerprint density at radius 2 is 2.12 bits per heavy atom. The molecule has 0 saturated heterocycles. The van der Waals surface area contributed by atoms with Crippen LogP contribution >= 0.6 is 0 Å². The van der Waals surface area contributed by atoms with Gasteiger partial charge in [-0.05, 0) is 29.8 Å². The molecule has 2 heterocycles. The van der Waals surface area contributed by atoms with Gasteiger partial charge in [-0.15, -0.1) is 0 Å². The number of hydrogen-bond donors (Lipinski definition) is 1. The molecular formula is C18H17N5O. The van der Waals surface area contributed by atoms with E-state index in [1.165, 1.54) is 0 Å². The summed E-state index contributed by atoms with van der Waals surface area (Å²) >= 11 is 0. The predicted molar refractivity (Wildman–Crippen MR) is 90.6 cm³/mol. The van der Waals surface area contributed by atoms with Crippen molar-refractivity contribution < 1.29 is 4.74 Å². The molecule has 0 saturated carbocycles. The minimum absolute atomic E-state index is 0.194. The highest BCUT2D eigenvalue weighted by Crippen LogP contribution is 2.27. The number of aromatic nitrogens is 3. The van der Waals surface area contributed by atoms with E-state index in [1.807, 2.05) is 42.1 Å². The molecule has 120 valence electrons. The molecular weight excluding hydrogens is 302 g/mol. The molecule has 6 nitrogen and oxygen atoms in total. The lowest BCUT2D eigenvalue weighted by Crippen LogP contribution is -2.17. The fraction of sp³-hybridized carbons (Fsp3) is 0.167. The molecule has 0 spiro atoms. The Labute approximate surface area is 140 Å². The second kappa shape index (κ2) is 6.84. The number of methoxy groups -OCH3 is 1. The summed E-state index contributed by atoms with van der Waals surface area (Å²) in [6.07, 6.45) is 5.20. The third-order valence-corrected chi connectivity index (χ3v) is 3.73. The molecule has 0 aliphatic carbocycles. The summed E-state index contributed by atoms with van der Waals surface area (Å²) in [6, 6.07) is 13.2. The average Bonchev–Trinajstić information content (AvgIpc) is 3.06. The van der Waals surface area contributed by atoms with Gasteiger partial charge in [0.15, 0.2) is 0 Å². The number of rotatable bonds is 5. The van der Waals surface area contributed by atoms with Gasteiger partial charge in [-0.25, -0.2) is 9.97 Å². The van der Waals surface area contributed by atoms with E-state index in [4.69, 9.17) is 10.00 Å². The molecule has 0 bridgehead atoms. The van der Waals surface area contributed by atoms with E-state index < -0.39 is 0 Å². The molecule has 1 unspecified atom stereocenters. The van der Waals surface area contributed by atoms with E-state index in [9.17, 15) is 0 Å². The molecule has 3 aromatic rings. The van der Waals surface area contributed by atoms with E-state index in [0.29, 0.717) is 11.4 Å². The van der Waals surface area contributed by atoms with Gasteiger partial charge in [0, 0.05) is 25.6 Å². The normalized spacial score (nSPS) is 11.5. The fourth-order valence-electron chi connectivity index (χ4n) is 2.47. The van der Waals surface area contributed by atoms with Crippen molar-refractivity contribution in [3.05, 3.63) is 71.9 Å². The number of nitrogens with zero attached hydrogens (tertiary/aromatic N) is 4. The number of anilines is 1. The first-order chi connectivity index (χ1) is 11.7. The number of nitriles is 1. The summed E-state index contributed by atoms with van der Waals surface area (Å²) in [7, 11) is 3.59. The quantitative estimate of drug-likeness (QED) is 0.782. The van der Waals surface area contributed by atoms with Crippen LogP contribution < -0.4 is 10.1 Å². The molecule has 1 atom stereocenters. The molecule has 0 amide bonds. The molecule has 0 aliphatic heterocycles. The lowest BCUT2D eigenvalue weighted by molar-refractivity contribution is 0.414. The Hall–Kier alpha value is -3.33. The number of benzene rings is 1. The summed E-state index contributed by atoms with van der Waals surface area (Å²) in [5.74, 6) is 2.31. The molecule has 2 aromatic heterocycles. The Morgan fingerprint density at radius 3 is 2.75 bits per heavy atom. The SMILES string of the molecule is COc1cccc(C(Nc2ccc(C#N)cn2)c2nccn2C)c1. The Morgan fingerprint density at radius 1 is 1.25 bits per heavy atom. The van der Waals surface area contributed by atoms with Crippen LogP contribution in [0.1, 0.15) is 23.0 Å². The molecule has 24 heavy (non-hydrogen) atoms. The van der Waals surface area contributed by atoms with Gasteiger partial charge < -0.3 is 14.6 Å². The number of aryl methyl sites for hydroxylation is 1. The zero-order chi connectivity index (χ0) is 16.9. The fourth-order valence-corrected chi connectivity index (χ4v) is 2.47. The number of ether oxygens (including phenoxy) is 1. The van der Waals surface area contributed by atoms with Gasteiger partial charge in [0.2, 0.25) is 0 Å². The van der Waals surface area contributed by atoms with Crippen molar-refractivity contribution in [1.82, 2.24) is 14.5 Å². The van der Waals surface area contributed by atoms with Gasteiger partial charge in [-0.1, -0.05) is 12.1 Å². The van der Waals surface area contributed by atoms with Crippen LogP contribution in [0.4, 0.5) is 5.82 Å². The maximum Gasteiger partial charge on any atom is 0.135 e.